The third kappa shape index (κ3) is 7.78. The molecule has 358 valence electrons. The van der Waals surface area contributed by atoms with Crippen LogP contribution in [-0.4, -0.2) is 165 Å². The molecule has 0 aromatic carbocycles. The summed E-state index contributed by atoms with van der Waals surface area (Å²) < 4.78 is 56.7. The first-order valence-electron chi connectivity index (χ1n) is 23.6. The van der Waals surface area contributed by atoms with Crippen molar-refractivity contribution in [2.45, 2.75) is 210 Å². The monoisotopic (exact) mass is 896 g/mol. The molecule has 1 spiro atoms. The van der Waals surface area contributed by atoms with Crippen LogP contribution in [0.2, 0.25) is 0 Å². The highest BCUT2D eigenvalue weighted by Crippen LogP contribution is 2.71. The van der Waals surface area contributed by atoms with E-state index in [4.69, 9.17) is 42.6 Å². The fraction of sp³-hybridized carbons (Fsp3) is 0.935. The van der Waals surface area contributed by atoms with Gasteiger partial charge in [-0.25, -0.2) is 0 Å². The van der Waals surface area contributed by atoms with Gasteiger partial charge in [-0.2, -0.15) is 0 Å². The van der Waals surface area contributed by atoms with E-state index >= 15 is 0 Å². The highest BCUT2D eigenvalue weighted by Gasteiger charge is 2.70. The molecule has 4 aliphatic carbocycles. The van der Waals surface area contributed by atoms with E-state index in [1.807, 2.05) is 0 Å². The van der Waals surface area contributed by atoms with E-state index < -0.39 is 115 Å². The van der Waals surface area contributed by atoms with Crippen molar-refractivity contribution in [2.24, 2.45) is 46.3 Å². The number of hydrogen-bond donors (Lipinski definition) is 7. The van der Waals surface area contributed by atoms with E-state index in [1.54, 1.807) is 6.92 Å². The minimum atomic E-state index is -1.74. The summed E-state index contributed by atoms with van der Waals surface area (Å²) in [6, 6.07) is 0. The zero-order valence-electron chi connectivity index (χ0n) is 37.6. The molecule has 26 atom stereocenters. The van der Waals surface area contributed by atoms with Gasteiger partial charge in [0.2, 0.25) is 0 Å². The maximum atomic E-state index is 11.9. The Labute approximate surface area is 369 Å². The summed E-state index contributed by atoms with van der Waals surface area (Å²) in [5.41, 5.74) is 0.635. The predicted molar refractivity (Wildman–Crippen MR) is 218 cm³/mol. The summed E-state index contributed by atoms with van der Waals surface area (Å²) in [6.45, 7) is 13.9. The van der Waals surface area contributed by atoms with Gasteiger partial charge < -0.3 is 78.4 Å². The third-order valence-electron chi connectivity index (χ3n) is 17.6. The average Bonchev–Trinajstić information content (AvgIpc) is 3.68. The Kier molecular flexibility index (Phi) is 12.8. The number of fused-ring (bicyclic) bond motifs is 7. The van der Waals surface area contributed by atoms with Crippen molar-refractivity contribution in [3.63, 3.8) is 0 Å². The first-order valence-corrected chi connectivity index (χ1v) is 23.6. The molecule has 3 saturated carbocycles. The number of esters is 1. The Morgan fingerprint density at radius 2 is 1.46 bits per heavy atom. The summed E-state index contributed by atoms with van der Waals surface area (Å²) in [6.07, 6.45) is -12.2. The standard InChI is InChI=1S/C46H72O17/c1-19-10-13-46(56-17-19)20(2)32-30(63-46)16-28-26-9-8-24-14-25(48)15-31(45(24,7)27(26)11-12-44(28,32)6)60-43-40(62-42-36(53)35(52)33(50)21(3)57-42)39(34(51)22(4)58-43)61-41-37(54)38(59-23(5)47)29(49)18-55-41/h8,19-22,25-43,48-54H,9-18H2,1-7H3/t19-,20+,21+,22-,25-,26-,27+,28+,29-,30+,31-,32+,33+,34+,35-,36-,37-,38+,39+,40-,41+,42+,43+,44+,45+,46-/m1/s1. The van der Waals surface area contributed by atoms with Crippen molar-refractivity contribution < 1.29 is 83.2 Å². The van der Waals surface area contributed by atoms with Crippen molar-refractivity contribution in [1.29, 1.82) is 0 Å². The Hall–Kier alpha value is -1.39. The van der Waals surface area contributed by atoms with Gasteiger partial charge in [-0.1, -0.05) is 39.3 Å². The zero-order chi connectivity index (χ0) is 45.1. The van der Waals surface area contributed by atoms with Gasteiger partial charge >= 0.3 is 5.97 Å². The summed E-state index contributed by atoms with van der Waals surface area (Å²) in [5, 5.41) is 77.5. The lowest BCUT2D eigenvalue weighted by Crippen LogP contribution is -2.66. The number of ether oxygens (including phenoxy) is 9. The molecular weight excluding hydrogens is 824 g/mol. The fourth-order valence-electron chi connectivity index (χ4n) is 14.1. The minimum Gasteiger partial charge on any atom is -0.457 e. The van der Waals surface area contributed by atoms with Crippen LogP contribution in [0, 0.1) is 46.3 Å². The highest BCUT2D eigenvalue weighted by atomic mass is 16.8. The van der Waals surface area contributed by atoms with Crippen LogP contribution in [0.3, 0.4) is 0 Å². The Morgan fingerprint density at radius 1 is 0.746 bits per heavy atom. The maximum absolute atomic E-state index is 11.9. The zero-order valence-corrected chi connectivity index (χ0v) is 37.6. The molecule has 5 aliphatic heterocycles. The third-order valence-corrected chi connectivity index (χ3v) is 17.6. The molecule has 0 bridgehead atoms. The minimum absolute atomic E-state index is 0.0569. The summed E-state index contributed by atoms with van der Waals surface area (Å²) in [7, 11) is 0. The summed E-state index contributed by atoms with van der Waals surface area (Å²) >= 11 is 0. The van der Waals surface area contributed by atoms with E-state index in [0.29, 0.717) is 30.1 Å². The molecule has 0 aromatic rings. The second-order valence-corrected chi connectivity index (χ2v) is 21.3. The molecule has 5 heterocycles. The molecule has 63 heavy (non-hydrogen) atoms. The average molecular weight is 897 g/mol. The first-order chi connectivity index (χ1) is 29.8. The number of allylic oxidation sites excluding steroid dienone is 1. The molecule has 7 N–H and O–H groups in total. The van der Waals surface area contributed by atoms with E-state index in [1.165, 1.54) is 6.92 Å². The largest absolute Gasteiger partial charge is 0.457 e. The van der Waals surface area contributed by atoms with E-state index in [0.717, 1.165) is 57.6 Å². The quantitative estimate of drug-likeness (QED) is 0.141. The fourth-order valence-corrected chi connectivity index (χ4v) is 14.1. The number of hydrogen-bond acceptors (Lipinski definition) is 17. The predicted octanol–water partition coefficient (Wildman–Crippen LogP) is 1.42. The number of carbonyl (C=O) groups is 1. The molecule has 9 rings (SSSR count). The number of carbonyl (C=O) groups excluding carboxylic acids is 1. The molecule has 17 heteroatoms. The lowest BCUT2D eigenvalue weighted by atomic mass is 9.46. The lowest BCUT2D eigenvalue weighted by Gasteiger charge is -2.60. The van der Waals surface area contributed by atoms with Gasteiger partial charge in [0.05, 0.1) is 43.7 Å². The molecule has 5 saturated heterocycles. The second-order valence-electron chi connectivity index (χ2n) is 21.3. The van der Waals surface area contributed by atoms with Crippen LogP contribution >= 0.6 is 0 Å². The normalized spacial score (nSPS) is 56.8. The molecule has 0 amide bonds. The van der Waals surface area contributed by atoms with E-state index in [-0.39, 0.29) is 36.4 Å². The van der Waals surface area contributed by atoms with Gasteiger partial charge in [-0.15, -0.1) is 0 Å². The van der Waals surface area contributed by atoms with Crippen LogP contribution in [0.25, 0.3) is 0 Å². The Bertz CT molecular complexity index is 1690. The van der Waals surface area contributed by atoms with Gasteiger partial charge in [-0.3, -0.25) is 4.79 Å². The van der Waals surface area contributed by atoms with Crippen LogP contribution < -0.4 is 0 Å². The van der Waals surface area contributed by atoms with Crippen LogP contribution in [-0.2, 0) is 47.4 Å². The van der Waals surface area contributed by atoms with Crippen molar-refractivity contribution >= 4 is 5.97 Å². The second kappa shape index (κ2) is 17.3. The number of rotatable bonds is 7. The SMILES string of the molecule is CC(=O)O[C@@H]1[C@@H](O)[C@H](O[C@H]2[C@@H](O)[C@@H](C)O[C@@H](O[C@@H]3C[C@H](O)CC4=CC[C@H]5[C@@H]6C[C@@H]7O[C@]8(CC[C@@H](C)CO8)[C@@H](C)[C@@H]7[C@@]6(C)CC[C@@H]5[C@]43C)[C@@H]2O[C@@H]2O[C@@H](C)[C@H](O)[C@@H](O)[C@H]2O)OC[C@H]1O. The van der Waals surface area contributed by atoms with Crippen molar-refractivity contribution in [1.82, 2.24) is 0 Å². The lowest BCUT2D eigenvalue weighted by molar-refractivity contribution is -0.391. The molecule has 17 nitrogen and oxygen atoms in total. The van der Waals surface area contributed by atoms with Gasteiger partial charge in [0, 0.05) is 31.1 Å². The Balaban J connectivity index is 1.01. The molecule has 8 fully saturated rings. The van der Waals surface area contributed by atoms with E-state index in [2.05, 4.69) is 33.8 Å². The van der Waals surface area contributed by atoms with Gasteiger partial charge in [-0.05, 0) is 87.4 Å². The maximum Gasteiger partial charge on any atom is 0.303 e. The van der Waals surface area contributed by atoms with Crippen molar-refractivity contribution in [2.75, 3.05) is 13.2 Å². The number of aliphatic hydroxyl groups excluding tert-OH is 7. The highest BCUT2D eigenvalue weighted by molar-refractivity contribution is 5.66. The van der Waals surface area contributed by atoms with Crippen molar-refractivity contribution in [3.8, 4) is 0 Å². The molecule has 9 aliphatic rings. The van der Waals surface area contributed by atoms with Crippen LogP contribution in [0.1, 0.15) is 99.8 Å². The van der Waals surface area contributed by atoms with Gasteiger partial charge in [0.1, 0.15) is 48.8 Å². The Morgan fingerprint density at radius 3 is 2.17 bits per heavy atom. The summed E-state index contributed by atoms with van der Waals surface area (Å²) in [4.78, 5) is 11.9. The molecule has 0 aromatic heterocycles. The van der Waals surface area contributed by atoms with Gasteiger partial charge in [0.25, 0.3) is 0 Å². The number of aliphatic hydroxyl groups is 7. The molecule has 0 radical (unpaired) electrons. The van der Waals surface area contributed by atoms with Gasteiger partial charge in [0.15, 0.2) is 30.8 Å². The van der Waals surface area contributed by atoms with Crippen molar-refractivity contribution in [3.05, 3.63) is 11.6 Å². The molecule has 0 unspecified atom stereocenters. The van der Waals surface area contributed by atoms with E-state index in [9.17, 15) is 40.5 Å². The summed E-state index contributed by atoms with van der Waals surface area (Å²) in [5.74, 6) is 0.844. The first kappa shape index (κ1) is 46.7. The topological polar surface area (TPSA) is 242 Å². The van der Waals surface area contributed by atoms with Crippen LogP contribution in [0.4, 0.5) is 0 Å². The molecular formula is C46H72O17. The smallest absolute Gasteiger partial charge is 0.303 e. The van der Waals surface area contributed by atoms with Crippen LogP contribution in [0.5, 0.6) is 0 Å². The van der Waals surface area contributed by atoms with Crippen LogP contribution in [0.15, 0.2) is 11.6 Å².